The van der Waals surface area contributed by atoms with Gasteiger partial charge in [0.05, 0.1) is 0 Å². The molecular weight excluding hydrogens is 293 g/mol. The van der Waals surface area contributed by atoms with E-state index in [0.29, 0.717) is 0 Å². The van der Waals surface area contributed by atoms with Gasteiger partial charge < -0.3 is 4.90 Å². The van der Waals surface area contributed by atoms with Gasteiger partial charge >= 0.3 is 0 Å². The average Bonchev–Trinajstić information content (AvgIpc) is 2.37. The van der Waals surface area contributed by atoms with Crippen LogP contribution in [-0.2, 0) is 10.2 Å². The maximum atomic E-state index is 13.3. The van der Waals surface area contributed by atoms with Crippen LogP contribution in [-0.4, -0.2) is 51.4 Å². The van der Waals surface area contributed by atoms with Crippen molar-refractivity contribution in [1.82, 2.24) is 13.9 Å². The van der Waals surface area contributed by atoms with Gasteiger partial charge in [-0.1, -0.05) is 12.1 Å². The summed E-state index contributed by atoms with van der Waals surface area (Å²) in [6.07, 6.45) is 0. The van der Waals surface area contributed by atoms with E-state index in [1.807, 2.05) is 19.0 Å². The number of likely N-dealkylation sites (N-methyl/N-ethyl adjacent to an activating group) is 1. The van der Waals surface area contributed by atoms with Crippen LogP contribution in [0.3, 0.4) is 0 Å². The Bertz CT molecular complexity index is 561. The zero-order valence-electron chi connectivity index (χ0n) is 13.2. The molecule has 5 nitrogen and oxygen atoms in total. The van der Waals surface area contributed by atoms with E-state index in [1.54, 1.807) is 26.0 Å². The Morgan fingerprint density at radius 2 is 1.86 bits per heavy atom. The maximum Gasteiger partial charge on any atom is 0.279 e. The van der Waals surface area contributed by atoms with Crippen LogP contribution < -0.4 is 4.72 Å². The topological polar surface area (TPSA) is 52.7 Å². The summed E-state index contributed by atoms with van der Waals surface area (Å²) in [6.45, 7) is 3.78. The molecule has 0 aliphatic heterocycles. The first-order valence-corrected chi connectivity index (χ1v) is 8.23. The Morgan fingerprint density at radius 1 is 1.24 bits per heavy atom. The molecule has 0 saturated heterocycles. The monoisotopic (exact) mass is 317 g/mol. The van der Waals surface area contributed by atoms with Gasteiger partial charge in [-0.15, -0.1) is 0 Å². The van der Waals surface area contributed by atoms with Gasteiger partial charge in [0, 0.05) is 25.7 Å². The Morgan fingerprint density at radius 3 is 2.33 bits per heavy atom. The molecule has 0 heterocycles. The molecule has 0 spiro atoms. The molecule has 0 aliphatic carbocycles. The molecule has 1 rings (SSSR count). The molecule has 21 heavy (non-hydrogen) atoms. The van der Waals surface area contributed by atoms with Crippen molar-refractivity contribution < 1.29 is 12.8 Å². The minimum Gasteiger partial charge on any atom is -0.301 e. The van der Waals surface area contributed by atoms with Gasteiger partial charge in [-0.25, -0.2) is 9.11 Å². The SMILES string of the molecule is CC(C)N(C)S(=O)(=O)NCC(c1cccc(F)c1)N(C)C. The lowest BCUT2D eigenvalue weighted by Gasteiger charge is -2.27. The van der Waals surface area contributed by atoms with Crippen molar-refractivity contribution in [2.75, 3.05) is 27.7 Å². The molecule has 0 aliphatic rings. The van der Waals surface area contributed by atoms with Crippen molar-refractivity contribution in [3.8, 4) is 0 Å². The fourth-order valence-corrected chi connectivity index (χ4v) is 3.00. The normalized spacial score (nSPS) is 14.1. The van der Waals surface area contributed by atoms with Crippen LogP contribution in [0.5, 0.6) is 0 Å². The van der Waals surface area contributed by atoms with Crippen molar-refractivity contribution in [3.05, 3.63) is 35.6 Å². The van der Waals surface area contributed by atoms with Gasteiger partial charge in [0.25, 0.3) is 10.2 Å². The van der Waals surface area contributed by atoms with Gasteiger partial charge in [-0.3, -0.25) is 0 Å². The minimum atomic E-state index is -3.54. The van der Waals surface area contributed by atoms with Gasteiger partial charge in [-0.2, -0.15) is 12.7 Å². The second kappa shape index (κ2) is 7.31. The largest absolute Gasteiger partial charge is 0.301 e. The van der Waals surface area contributed by atoms with Crippen LogP contribution in [0.4, 0.5) is 4.39 Å². The number of nitrogens with one attached hydrogen (secondary N) is 1. The second-order valence-electron chi connectivity index (χ2n) is 5.50. The minimum absolute atomic E-state index is 0.130. The fourth-order valence-electron chi connectivity index (χ4n) is 1.88. The van der Waals surface area contributed by atoms with E-state index >= 15 is 0 Å². The highest BCUT2D eigenvalue weighted by Crippen LogP contribution is 2.18. The first-order chi connectivity index (χ1) is 9.65. The summed E-state index contributed by atoms with van der Waals surface area (Å²) in [7, 11) is 1.64. The molecule has 0 fully saturated rings. The summed E-state index contributed by atoms with van der Waals surface area (Å²) in [5.41, 5.74) is 0.731. The number of hydrogen-bond donors (Lipinski definition) is 1. The quantitative estimate of drug-likeness (QED) is 0.831. The Labute approximate surface area is 126 Å². The summed E-state index contributed by atoms with van der Waals surface area (Å²) < 4.78 is 41.4. The Hall–Kier alpha value is -1.02. The number of nitrogens with zero attached hydrogens (tertiary/aromatic N) is 2. The molecule has 7 heteroatoms. The van der Waals surface area contributed by atoms with Gasteiger partial charge in [0.15, 0.2) is 0 Å². The van der Waals surface area contributed by atoms with Crippen LogP contribution in [0.15, 0.2) is 24.3 Å². The highest BCUT2D eigenvalue weighted by molar-refractivity contribution is 7.87. The van der Waals surface area contributed by atoms with Gasteiger partial charge in [0.2, 0.25) is 0 Å². The van der Waals surface area contributed by atoms with E-state index in [2.05, 4.69) is 4.72 Å². The van der Waals surface area contributed by atoms with E-state index in [-0.39, 0.29) is 24.4 Å². The molecule has 0 bridgehead atoms. The molecule has 0 radical (unpaired) electrons. The zero-order valence-corrected chi connectivity index (χ0v) is 14.0. The highest BCUT2D eigenvalue weighted by atomic mass is 32.2. The first kappa shape index (κ1) is 18.0. The third-order valence-electron chi connectivity index (χ3n) is 3.42. The molecule has 0 amide bonds. The van der Waals surface area contributed by atoms with Crippen LogP contribution >= 0.6 is 0 Å². The predicted octanol–water partition coefficient (Wildman–Crippen LogP) is 1.60. The third kappa shape index (κ3) is 5.03. The van der Waals surface area contributed by atoms with E-state index < -0.39 is 10.2 Å². The molecule has 120 valence electrons. The summed E-state index contributed by atoms with van der Waals surface area (Å²) in [5, 5.41) is 0. The smallest absolute Gasteiger partial charge is 0.279 e. The number of benzene rings is 1. The summed E-state index contributed by atoms with van der Waals surface area (Å²) in [5.74, 6) is -0.332. The first-order valence-electron chi connectivity index (χ1n) is 6.79. The van der Waals surface area contributed by atoms with Crippen molar-refractivity contribution in [2.45, 2.75) is 25.9 Å². The second-order valence-corrected chi connectivity index (χ2v) is 7.31. The average molecular weight is 317 g/mol. The van der Waals surface area contributed by atoms with Crippen molar-refractivity contribution >= 4 is 10.2 Å². The molecule has 0 aromatic heterocycles. The molecule has 1 atom stereocenters. The van der Waals surface area contributed by atoms with Crippen molar-refractivity contribution in [2.24, 2.45) is 0 Å². The van der Waals surface area contributed by atoms with Gasteiger partial charge in [-0.05, 0) is 45.6 Å². The van der Waals surface area contributed by atoms with E-state index in [0.717, 1.165) is 5.56 Å². The Balaban J connectivity index is 2.87. The number of hydrogen-bond acceptors (Lipinski definition) is 3. The third-order valence-corrected chi connectivity index (χ3v) is 5.13. The van der Waals surface area contributed by atoms with E-state index in [1.165, 1.54) is 23.5 Å². The molecule has 0 saturated carbocycles. The predicted molar refractivity (Wildman–Crippen MR) is 82.6 cm³/mol. The lowest BCUT2D eigenvalue weighted by atomic mass is 10.1. The zero-order chi connectivity index (χ0) is 16.2. The molecule has 1 aromatic rings. The highest BCUT2D eigenvalue weighted by Gasteiger charge is 2.23. The van der Waals surface area contributed by atoms with E-state index in [9.17, 15) is 12.8 Å². The Kier molecular flexibility index (Phi) is 6.27. The van der Waals surface area contributed by atoms with Crippen LogP contribution in [0.1, 0.15) is 25.5 Å². The summed E-state index contributed by atoms with van der Waals surface area (Å²) in [4.78, 5) is 1.85. The lowest BCUT2D eigenvalue weighted by Crippen LogP contribution is -2.44. The fraction of sp³-hybridized carbons (Fsp3) is 0.571. The van der Waals surface area contributed by atoms with Crippen LogP contribution in [0.25, 0.3) is 0 Å². The van der Waals surface area contributed by atoms with Gasteiger partial charge in [0.1, 0.15) is 5.82 Å². The van der Waals surface area contributed by atoms with Crippen LogP contribution in [0.2, 0.25) is 0 Å². The van der Waals surface area contributed by atoms with Crippen molar-refractivity contribution in [1.29, 1.82) is 0 Å². The summed E-state index contributed by atoms with van der Waals surface area (Å²) in [6, 6.07) is 5.83. The number of rotatable bonds is 7. The van der Waals surface area contributed by atoms with E-state index in [4.69, 9.17) is 0 Å². The summed E-state index contributed by atoms with van der Waals surface area (Å²) >= 11 is 0. The molecule has 1 N–H and O–H groups in total. The van der Waals surface area contributed by atoms with Crippen molar-refractivity contribution in [3.63, 3.8) is 0 Å². The molecule has 1 unspecified atom stereocenters. The van der Waals surface area contributed by atoms with Crippen LogP contribution in [0, 0.1) is 5.82 Å². The molecule has 1 aromatic carbocycles. The standard InChI is InChI=1S/C14H24FN3O2S/c1-11(2)18(5)21(19,20)16-10-14(17(3)4)12-7-6-8-13(15)9-12/h6-9,11,14,16H,10H2,1-5H3. The number of halogens is 1. The maximum absolute atomic E-state index is 13.3. The molecular formula is C14H24FN3O2S. The lowest BCUT2D eigenvalue weighted by molar-refractivity contribution is 0.295.